The normalized spacial score (nSPS) is 11.5. The Balaban J connectivity index is 0.000000963. The fourth-order valence-electron chi connectivity index (χ4n) is 1.72. The summed E-state index contributed by atoms with van der Waals surface area (Å²) >= 11 is 0. The van der Waals surface area contributed by atoms with Crippen molar-refractivity contribution in [2.24, 2.45) is 0 Å². The number of para-hydroxylation sites is 2. The molecule has 16 heavy (non-hydrogen) atoms. The lowest BCUT2D eigenvalue weighted by Gasteiger charge is -2.07. The molecule has 0 unspecified atom stereocenters. The third kappa shape index (κ3) is 1.82. The molecule has 80 valence electrons. The Hall–Kier alpha value is -1.73. The van der Waals surface area contributed by atoms with E-state index in [9.17, 15) is 0 Å². The molecule has 1 aliphatic rings. The molecule has 0 N–H and O–H groups in total. The molecule has 2 heteroatoms. The first-order valence-electron chi connectivity index (χ1n) is 4.97. The summed E-state index contributed by atoms with van der Waals surface area (Å²) in [6, 6.07) is 16.1. The summed E-state index contributed by atoms with van der Waals surface area (Å²) in [4.78, 5) is 0. The van der Waals surface area contributed by atoms with Gasteiger partial charge in [0.15, 0.2) is 0 Å². The monoisotopic (exact) mass is 230 g/mol. The second kappa shape index (κ2) is 4.42. The smallest absolute Gasteiger partial charge is 0.134 e. The summed E-state index contributed by atoms with van der Waals surface area (Å²) in [7, 11) is 0. The van der Waals surface area contributed by atoms with E-state index in [1.807, 2.05) is 36.4 Å². The molecule has 1 nitrogen and oxygen atoms in total. The van der Waals surface area contributed by atoms with E-state index < -0.39 is 0 Å². The summed E-state index contributed by atoms with van der Waals surface area (Å²) in [6.45, 7) is 0. The molecule has 2 aromatic rings. The minimum Gasteiger partial charge on any atom is -0.456 e. The number of fused-ring (bicyclic) bond motifs is 2. The van der Waals surface area contributed by atoms with Crippen LogP contribution in [0.2, 0.25) is 0 Å². The molecule has 1 aliphatic heterocycles. The number of benzene rings is 2. The highest BCUT2D eigenvalue weighted by atomic mass is 35.5. The highest BCUT2D eigenvalue weighted by molar-refractivity contribution is 5.85. The minimum absolute atomic E-state index is 0. The van der Waals surface area contributed by atoms with Gasteiger partial charge >= 0.3 is 0 Å². The maximum Gasteiger partial charge on any atom is 0.134 e. The average molecular weight is 231 g/mol. The van der Waals surface area contributed by atoms with Crippen LogP contribution in [0.5, 0.6) is 11.5 Å². The van der Waals surface area contributed by atoms with Crippen LogP contribution < -0.4 is 4.74 Å². The standard InChI is InChI=1S/C14H10O.ClH/c1-3-7-13-11(5-1)9-10-12-6-2-4-8-14(12)15-13;/h1-10H;1H. The summed E-state index contributed by atoms with van der Waals surface area (Å²) < 4.78 is 5.84. The van der Waals surface area contributed by atoms with E-state index in [1.54, 1.807) is 0 Å². The van der Waals surface area contributed by atoms with Gasteiger partial charge in [-0.3, -0.25) is 0 Å². The molecule has 2 aromatic carbocycles. The first-order valence-corrected chi connectivity index (χ1v) is 4.97. The van der Waals surface area contributed by atoms with Crippen molar-refractivity contribution < 1.29 is 4.74 Å². The Morgan fingerprint density at radius 1 is 0.625 bits per heavy atom. The number of rotatable bonds is 0. The summed E-state index contributed by atoms with van der Waals surface area (Å²) in [5.74, 6) is 1.83. The Labute approximate surface area is 101 Å². The molecule has 0 saturated heterocycles. The Bertz CT molecular complexity index is 484. The molecule has 0 spiro atoms. The zero-order valence-corrected chi connectivity index (χ0v) is 9.41. The maximum absolute atomic E-state index is 5.84. The van der Waals surface area contributed by atoms with Gasteiger partial charge in [0, 0.05) is 11.1 Å². The molecule has 0 radical (unpaired) electrons. The number of hydrogen-bond acceptors (Lipinski definition) is 1. The topological polar surface area (TPSA) is 9.23 Å². The van der Waals surface area contributed by atoms with E-state index in [4.69, 9.17) is 4.74 Å². The van der Waals surface area contributed by atoms with Crippen LogP contribution in [-0.2, 0) is 0 Å². The van der Waals surface area contributed by atoms with Crippen LogP contribution in [0.25, 0.3) is 12.2 Å². The van der Waals surface area contributed by atoms with Gasteiger partial charge in [-0.05, 0) is 12.1 Å². The Morgan fingerprint density at radius 2 is 1.06 bits per heavy atom. The third-order valence-corrected chi connectivity index (χ3v) is 2.50. The quantitative estimate of drug-likeness (QED) is 0.557. The zero-order valence-electron chi connectivity index (χ0n) is 8.59. The third-order valence-electron chi connectivity index (χ3n) is 2.50. The van der Waals surface area contributed by atoms with Gasteiger partial charge in [-0.25, -0.2) is 0 Å². The van der Waals surface area contributed by atoms with Gasteiger partial charge < -0.3 is 4.74 Å². The van der Waals surface area contributed by atoms with Crippen molar-refractivity contribution in [3.05, 3.63) is 59.7 Å². The average Bonchev–Trinajstić information content (AvgIpc) is 2.48. The molecule has 0 bridgehead atoms. The summed E-state index contributed by atoms with van der Waals surface area (Å²) in [5.41, 5.74) is 2.24. The van der Waals surface area contributed by atoms with E-state index in [1.165, 1.54) is 0 Å². The van der Waals surface area contributed by atoms with Crippen LogP contribution in [0, 0.1) is 0 Å². The first kappa shape index (κ1) is 10.8. The maximum atomic E-state index is 5.84. The highest BCUT2D eigenvalue weighted by Gasteiger charge is 2.08. The molecule has 0 aromatic heterocycles. The lowest BCUT2D eigenvalue weighted by molar-refractivity contribution is 0.481. The van der Waals surface area contributed by atoms with Crippen molar-refractivity contribution in [2.75, 3.05) is 0 Å². The van der Waals surface area contributed by atoms with E-state index in [-0.39, 0.29) is 12.4 Å². The van der Waals surface area contributed by atoms with Crippen LogP contribution in [0.3, 0.4) is 0 Å². The molecule has 0 aliphatic carbocycles. The fraction of sp³-hybridized carbons (Fsp3) is 0. The molecule has 0 fully saturated rings. The van der Waals surface area contributed by atoms with E-state index >= 15 is 0 Å². The molecule has 0 atom stereocenters. The summed E-state index contributed by atoms with van der Waals surface area (Å²) in [6.07, 6.45) is 4.17. The summed E-state index contributed by atoms with van der Waals surface area (Å²) in [5, 5.41) is 0. The van der Waals surface area contributed by atoms with Crippen LogP contribution in [0.1, 0.15) is 11.1 Å². The van der Waals surface area contributed by atoms with Gasteiger partial charge in [0.25, 0.3) is 0 Å². The van der Waals surface area contributed by atoms with Crippen molar-refractivity contribution in [1.29, 1.82) is 0 Å². The second-order valence-electron chi connectivity index (χ2n) is 3.51. The first-order chi connectivity index (χ1) is 7.43. The van der Waals surface area contributed by atoms with Gasteiger partial charge in [0.1, 0.15) is 11.5 Å². The van der Waals surface area contributed by atoms with Crippen LogP contribution in [0.4, 0.5) is 0 Å². The molecule has 0 amide bonds. The predicted octanol–water partition coefficient (Wildman–Crippen LogP) is 4.38. The van der Waals surface area contributed by atoms with Crippen LogP contribution in [0.15, 0.2) is 48.5 Å². The SMILES string of the molecule is C1=Cc2ccccc2Oc2ccccc21.Cl. The van der Waals surface area contributed by atoms with Gasteiger partial charge in [-0.2, -0.15) is 0 Å². The lowest BCUT2D eigenvalue weighted by atomic mass is 10.1. The highest BCUT2D eigenvalue weighted by Crippen LogP contribution is 2.33. The predicted molar refractivity (Wildman–Crippen MR) is 69.1 cm³/mol. The number of hydrogen-bond donors (Lipinski definition) is 0. The van der Waals surface area contributed by atoms with E-state index in [0.717, 1.165) is 22.6 Å². The Kier molecular flexibility index (Phi) is 2.97. The zero-order chi connectivity index (χ0) is 10.1. The number of halogens is 1. The van der Waals surface area contributed by atoms with Gasteiger partial charge in [-0.1, -0.05) is 48.6 Å². The molecule has 1 heterocycles. The number of ether oxygens (including phenoxy) is 1. The molecule has 3 rings (SSSR count). The van der Waals surface area contributed by atoms with Gasteiger partial charge in [-0.15, -0.1) is 12.4 Å². The second-order valence-corrected chi connectivity index (χ2v) is 3.51. The van der Waals surface area contributed by atoms with Crippen molar-refractivity contribution in [2.45, 2.75) is 0 Å². The molecular weight excluding hydrogens is 220 g/mol. The van der Waals surface area contributed by atoms with Crippen molar-refractivity contribution in [1.82, 2.24) is 0 Å². The van der Waals surface area contributed by atoms with Crippen LogP contribution in [-0.4, -0.2) is 0 Å². The molecule has 0 saturated carbocycles. The Morgan fingerprint density at radius 3 is 1.56 bits per heavy atom. The van der Waals surface area contributed by atoms with Gasteiger partial charge in [0.2, 0.25) is 0 Å². The van der Waals surface area contributed by atoms with Crippen LogP contribution >= 0.6 is 12.4 Å². The van der Waals surface area contributed by atoms with Crippen molar-refractivity contribution in [3.8, 4) is 11.5 Å². The van der Waals surface area contributed by atoms with Crippen molar-refractivity contribution in [3.63, 3.8) is 0 Å². The van der Waals surface area contributed by atoms with E-state index in [0.29, 0.717) is 0 Å². The molecular formula is C14H11ClO. The minimum atomic E-state index is 0. The van der Waals surface area contributed by atoms with E-state index in [2.05, 4.69) is 24.3 Å². The van der Waals surface area contributed by atoms with Gasteiger partial charge in [0.05, 0.1) is 0 Å². The lowest BCUT2D eigenvalue weighted by Crippen LogP contribution is -1.86. The largest absolute Gasteiger partial charge is 0.456 e. The van der Waals surface area contributed by atoms with Crippen molar-refractivity contribution >= 4 is 24.6 Å². The fourth-order valence-corrected chi connectivity index (χ4v) is 1.72.